The van der Waals surface area contributed by atoms with Gasteiger partial charge >= 0.3 is 0 Å². The monoisotopic (exact) mass is 259 g/mol. The molecule has 0 bridgehead atoms. The number of hydrogen-bond acceptors (Lipinski definition) is 3. The summed E-state index contributed by atoms with van der Waals surface area (Å²) >= 11 is 0. The van der Waals surface area contributed by atoms with Gasteiger partial charge in [-0.3, -0.25) is 5.10 Å². The predicted octanol–water partition coefficient (Wildman–Crippen LogP) is 2.86. The number of aromatic amines is 1. The van der Waals surface area contributed by atoms with E-state index in [-0.39, 0.29) is 0 Å². The highest BCUT2D eigenvalue weighted by Crippen LogP contribution is 2.25. The number of ether oxygens (including phenoxy) is 1. The van der Waals surface area contributed by atoms with Crippen molar-refractivity contribution in [2.45, 2.75) is 44.8 Å². The average molecular weight is 259 g/mol. The third-order valence-corrected chi connectivity index (χ3v) is 3.83. The van der Waals surface area contributed by atoms with Crippen molar-refractivity contribution in [3.63, 3.8) is 0 Å². The molecule has 2 N–H and O–H groups in total. The lowest BCUT2D eigenvalue weighted by molar-refractivity contribution is 0.135. The van der Waals surface area contributed by atoms with Crippen LogP contribution >= 0.6 is 0 Å². The van der Waals surface area contributed by atoms with Gasteiger partial charge in [-0.05, 0) is 50.4 Å². The number of aromatic nitrogens is 2. The molecule has 1 aromatic carbocycles. The Kier molecular flexibility index (Phi) is 3.69. The van der Waals surface area contributed by atoms with Gasteiger partial charge in [-0.2, -0.15) is 5.10 Å². The van der Waals surface area contributed by atoms with Gasteiger partial charge in [-0.15, -0.1) is 0 Å². The molecule has 0 unspecified atom stereocenters. The van der Waals surface area contributed by atoms with Gasteiger partial charge in [0.25, 0.3) is 0 Å². The summed E-state index contributed by atoms with van der Waals surface area (Å²) in [5.74, 6) is 0.955. The van der Waals surface area contributed by atoms with Gasteiger partial charge in [0, 0.05) is 11.4 Å². The second kappa shape index (κ2) is 5.61. The molecular formula is C15H21N3O. The topological polar surface area (TPSA) is 49.9 Å². The minimum Gasteiger partial charge on any atom is -0.490 e. The Morgan fingerprint density at radius 2 is 2.37 bits per heavy atom. The maximum atomic E-state index is 6.13. The number of benzene rings is 1. The van der Waals surface area contributed by atoms with Crippen LogP contribution < -0.4 is 10.1 Å². The molecule has 0 spiro atoms. The fourth-order valence-corrected chi connectivity index (χ4v) is 2.91. The first-order valence-corrected chi connectivity index (χ1v) is 7.18. The molecule has 2 aromatic rings. The van der Waals surface area contributed by atoms with Gasteiger partial charge in [0.2, 0.25) is 0 Å². The second-order valence-corrected chi connectivity index (χ2v) is 5.28. The Hall–Kier alpha value is -1.55. The summed E-state index contributed by atoms with van der Waals surface area (Å²) in [6.07, 6.45) is 6.96. The molecule has 19 heavy (non-hydrogen) atoms. The van der Waals surface area contributed by atoms with Crippen LogP contribution in [0.25, 0.3) is 10.9 Å². The Labute approximate surface area is 113 Å². The molecule has 1 saturated carbocycles. The Balaban J connectivity index is 1.66. The fraction of sp³-hybridized carbons (Fsp3) is 0.533. The van der Waals surface area contributed by atoms with E-state index in [0.29, 0.717) is 12.1 Å². The fourth-order valence-electron chi connectivity index (χ4n) is 2.91. The first-order valence-electron chi connectivity index (χ1n) is 7.18. The number of fused-ring (bicyclic) bond motifs is 1. The molecule has 1 aliphatic rings. The number of hydrogen-bond donors (Lipinski definition) is 2. The minimum absolute atomic E-state index is 0.335. The molecule has 1 aromatic heterocycles. The van der Waals surface area contributed by atoms with E-state index in [9.17, 15) is 0 Å². The summed E-state index contributed by atoms with van der Waals surface area (Å²) in [5, 5.41) is 11.6. The molecule has 4 nitrogen and oxygen atoms in total. The zero-order valence-corrected chi connectivity index (χ0v) is 11.4. The minimum atomic E-state index is 0.335. The van der Waals surface area contributed by atoms with Crippen molar-refractivity contribution in [1.29, 1.82) is 0 Å². The molecule has 0 saturated heterocycles. The van der Waals surface area contributed by atoms with E-state index in [1.165, 1.54) is 12.8 Å². The summed E-state index contributed by atoms with van der Waals surface area (Å²) in [4.78, 5) is 0. The molecule has 0 amide bonds. The first-order chi connectivity index (χ1) is 9.35. The van der Waals surface area contributed by atoms with Gasteiger partial charge in [-0.1, -0.05) is 6.92 Å². The van der Waals surface area contributed by atoms with Crippen LogP contribution in [0, 0.1) is 0 Å². The molecule has 2 atom stereocenters. The summed E-state index contributed by atoms with van der Waals surface area (Å²) in [7, 11) is 0. The molecule has 102 valence electrons. The smallest absolute Gasteiger partial charge is 0.120 e. The molecule has 4 heteroatoms. The third-order valence-electron chi connectivity index (χ3n) is 3.83. The highest BCUT2D eigenvalue weighted by atomic mass is 16.5. The summed E-state index contributed by atoms with van der Waals surface area (Å²) in [6, 6.07) is 6.73. The molecule has 1 aliphatic carbocycles. The van der Waals surface area contributed by atoms with E-state index in [1.807, 2.05) is 18.3 Å². The number of rotatable bonds is 4. The average Bonchev–Trinajstić information content (AvgIpc) is 2.87. The second-order valence-electron chi connectivity index (χ2n) is 5.28. The van der Waals surface area contributed by atoms with Gasteiger partial charge in [-0.25, -0.2) is 0 Å². The number of nitrogens with one attached hydrogen (secondary N) is 2. The highest BCUT2D eigenvalue weighted by Gasteiger charge is 2.22. The molecular weight excluding hydrogens is 238 g/mol. The van der Waals surface area contributed by atoms with Crippen LogP contribution in [0.15, 0.2) is 24.4 Å². The zero-order valence-electron chi connectivity index (χ0n) is 11.4. The normalized spacial score (nSPS) is 23.6. The summed E-state index contributed by atoms with van der Waals surface area (Å²) < 4.78 is 6.13. The van der Waals surface area contributed by atoms with Gasteiger partial charge in [0.15, 0.2) is 0 Å². The van der Waals surface area contributed by atoms with Crippen molar-refractivity contribution >= 4 is 10.9 Å². The number of nitrogens with zero attached hydrogens (tertiary/aromatic N) is 1. The summed E-state index contributed by atoms with van der Waals surface area (Å²) in [5.41, 5.74) is 1.06. The quantitative estimate of drug-likeness (QED) is 0.887. The lowest BCUT2D eigenvalue weighted by atomic mass is 9.93. The molecule has 0 aliphatic heterocycles. The predicted molar refractivity (Wildman–Crippen MR) is 76.4 cm³/mol. The largest absolute Gasteiger partial charge is 0.490 e. The van der Waals surface area contributed by atoms with E-state index in [1.54, 1.807) is 0 Å². The maximum Gasteiger partial charge on any atom is 0.120 e. The van der Waals surface area contributed by atoms with Gasteiger partial charge < -0.3 is 10.1 Å². The third kappa shape index (κ3) is 2.89. The van der Waals surface area contributed by atoms with E-state index >= 15 is 0 Å². The summed E-state index contributed by atoms with van der Waals surface area (Å²) in [6.45, 7) is 3.20. The lowest BCUT2D eigenvalue weighted by Gasteiger charge is -2.30. The van der Waals surface area contributed by atoms with E-state index < -0.39 is 0 Å². The molecule has 0 radical (unpaired) electrons. The molecule has 3 rings (SSSR count). The standard InChI is InChI=1S/C15H21N3O/c1-2-16-12-4-3-5-13(9-12)19-14-6-7-15-11(8-14)10-17-18-15/h6-8,10,12-13,16H,2-5,9H2,1H3,(H,17,18)/t12-,13-/m1/s1. The number of H-pyrrole nitrogens is 1. The molecule has 1 fully saturated rings. The van der Waals surface area contributed by atoms with E-state index in [2.05, 4.69) is 28.5 Å². The van der Waals surface area contributed by atoms with Gasteiger partial charge in [0.05, 0.1) is 11.7 Å². The van der Waals surface area contributed by atoms with Crippen LogP contribution in [0.4, 0.5) is 0 Å². The Bertz CT molecular complexity index is 535. The van der Waals surface area contributed by atoms with Crippen molar-refractivity contribution in [2.24, 2.45) is 0 Å². The Morgan fingerprint density at radius 3 is 3.26 bits per heavy atom. The first kappa shape index (κ1) is 12.5. The van der Waals surface area contributed by atoms with Gasteiger partial charge in [0.1, 0.15) is 11.9 Å². The van der Waals surface area contributed by atoms with Crippen molar-refractivity contribution in [3.05, 3.63) is 24.4 Å². The van der Waals surface area contributed by atoms with Crippen LogP contribution in [-0.2, 0) is 0 Å². The van der Waals surface area contributed by atoms with Crippen molar-refractivity contribution < 1.29 is 4.74 Å². The zero-order chi connectivity index (χ0) is 13.1. The van der Waals surface area contributed by atoms with E-state index in [4.69, 9.17) is 4.74 Å². The van der Waals surface area contributed by atoms with Crippen molar-refractivity contribution in [1.82, 2.24) is 15.5 Å². The van der Waals surface area contributed by atoms with Crippen LogP contribution in [0.1, 0.15) is 32.6 Å². The SMILES string of the molecule is CCN[C@@H]1CCC[C@@H](Oc2ccc3[nH]ncc3c2)C1. The van der Waals surface area contributed by atoms with E-state index in [0.717, 1.165) is 36.0 Å². The van der Waals surface area contributed by atoms with Crippen LogP contribution in [0.5, 0.6) is 5.75 Å². The lowest BCUT2D eigenvalue weighted by Crippen LogP contribution is -2.37. The van der Waals surface area contributed by atoms with Crippen molar-refractivity contribution in [2.75, 3.05) is 6.54 Å². The Morgan fingerprint density at radius 1 is 1.42 bits per heavy atom. The maximum absolute atomic E-state index is 6.13. The van der Waals surface area contributed by atoms with Crippen LogP contribution in [0.3, 0.4) is 0 Å². The van der Waals surface area contributed by atoms with Crippen LogP contribution in [0.2, 0.25) is 0 Å². The molecule has 1 heterocycles. The highest BCUT2D eigenvalue weighted by molar-refractivity contribution is 5.79. The van der Waals surface area contributed by atoms with Crippen molar-refractivity contribution in [3.8, 4) is 5.75 Å². The van der Waals surface area contributed by atoms with Crippen LogP contribution in [-0.4, -0.2) is 28.9 Å².